The molecule has 2 atom stereocenters. The molecule has 0 N–H and O–H groups in total. The van der Waals surface area contributed by atoms with Crippen molar-refractivity contribution in [2.75, 3.05) is 0 Å². The number of carbonyl (C=O) groups is 2. The average Bonchev–Trinajstić information content (AvgIpc) is 2.64. The second-order valence-electron chi connectivity index (χ2n) is 7.19. The van der Waals surface area contributed by atoms with Gasteiger partial charge in [-0.3, -0.25) is 9.59 Å². The molecule has 0 spiro atoms. The van der Waals surface area contributed by atoms with Crippen molar-refractivity contribution in [3.8, 4) is 0 Å². The lowest BCUT2D eigenvalue weighted by Gasteiger charge is -2.32. The lowest BCUT2D eigenvalue weighted by atomic mass is 9.87. The summed E-state index contributed by atoms with van der Waals surface area (Å²) < 4.78 is 12.6. The minimum absolute atomic E-state index is 0.130. The van der Waals surface area contributed by atoms with Crippen molar-refractivity contribution < 1.29 is 19.1 Å². The molecule has 150 valence electrons. The van der Waals surface area contributed by atoms with E-state index in [4.69, 9.17) is 9.47 Å². The van der Waals surface area contributed by atoms with Crippen molar-refractivity contribution in [1.29, 1.82) is 0 Å². The summed E-state index contributed by atoms with van der Waals surface area (Å²) in [4.78, 5) is 24.4. The third-order valence-electron chi connectivity index (χ3n) is 4.96. The van der Waals surface area contributed by atoms with Gasteiger partial charge in [-0.25, -0.2) is 0 Å². The molecule has 2 rings (SSSR count). The quantitative estimate of drug-likeness (QED) is 0.218. The zero-order chi connectivity index (χ0) is 19.6. The van der Waals surface area contributed by atoms with E-state index in [1.807, 2.05) is 18.2 Å². The molecular formula is C22H31IO4. The number of halogens is 1. The fourth-order valence-corrected chi connectivity index (χ4v) is 4.36. The molecule has 0 radical (unpaired) electrons. The lowest BCUT2D eigenvalue weighted by molar-refractivity contribution is -0.156. The number of hydrogen-bond acceptors (Lipinski definition) is 4. The van der Waals surface area contributed by atoms with E-state index in [2.05, 4.69) is 36.4 Å². The van der Waals surface area contributed by atoms with Crippen molar-refractivity contribution in [2.45, 2.75) is 90.3 Å². The topological polar surface area (TPSA) is 52.6 Å². The van der Waals surface area contributed by atoms with Crippen LogP contribution in [0.2, 0.25) is 0 Å². The first kappa shape index (κ1) is 22.2. The van der Waals surface area contributed by atoms with Crippen LogP contribution in [0.5, 0.6) is 0 Å². The van der Waals surface area contributed by atoms with Gasteiger partial charge in [-0.15, -0.1) is 0 Å². The van der Waals surface area contributed by atoms with Gasteiger partial charge in [0.15, 0.2) is 0 Å². The molecule has 1 aliphatic carbocycles. The number of ether oxygens (including phenoxy) is 2. The fourth-order valence-electron chi connectivity index (χ4n) is 3.49. The molecule has 2 unspecified atom stereocenters. The fraction of sp³-hybridized carbons (Fsp3) is 0.636. The maximum Gasteiger partial charge on any atom is 0.306 e. The van der Waals surface area contributed by atoms with Gasteiger partial charge in [-0.1, -0.05) is 51.7 Å². The number of hydrogen-bond donors (Lipinski definition) is 0. The number of fused-ring (bicyclic) bond motifs is 1. The van der Waals surface area contributed by atoms with Crippen LogP contribution in [0.15, 0.2) is 18.2 Å². The highest BCUT2D eigenvalue weighted by Gasteiger charge is 2.33. The molecule has 0 bridgehead atoms. The van der Waals surface area contributed by atoms with Gasteiger partial charge < -0.3 is 9.47 Å². The van der Waals surface area contributed by atoms with Crippen LogP contribution in [0.4, 0.5) is 0 Å². The highest BCUT2D eigenvalue weighted by atomic mass is 127. The largest absolute Gasteiger partial charge is 0.457 e. The predicted molar refractivity (Wildman–Crippen MR) is 114 cm³/mol. The van der Waals surface area contributed by atoms with E-state index in [1.165, 1.54) is 0 Å². The van der Waals surface area contributed by atoms with E-state index in [0.29, 0.717) is 25.7 Å². The van der Waals surface area contributed by atoms with Gasteiger partial charge in [0, 0.05) is 27.5 Å². The van der Waals surface area contributed by atoms with Crippen LogP contribution < -0.4 is 0 Å². The Morgan fingerprint density at radius 2 is 1.48 bits per heavy atom. The summed E-state index contributed by atoms with van der Waals surface area (Å²) in [5.41, 5.74) is 2.00. The molecule has 1 aromatic carbocycles. The van der Waals surface area contributed by atoms with Crippen molar-refractivity contribution in [2.24, 2.45) is 0 Å². The molecule has 0 saturated heterocycles. The monoisotopic (exact) mass is 486 g/mol. The van der Waals surface area contributed by atoms with Gasteiger partial charge in [0.1, 0.15) is 12.2 Å². The maximum atomic E-state index is 12.2. The summed E-state index contributed by atoms with van der Waals surface area (Å²) in [5, 5.41) is 0. The van der Waals surface area contributed by atoms with Gasteiger partial charge in [-0.2, -0.15) is 0 Å². The Morgan fingerprint density at radius 3 is 2.07 bits per heavy atom. The highest BCUT2D eigenvalue weighted by molar-refractivity contribution is 14.1. The van der Waals surface area contributed by atoms with Crippen LogP contribution in [0.25, 0.3) is 0 Å². The normalized spacial score (nSPS) is 18.6. The van der Waals surface area contributed by atoms with E-state index in [0.717, 1.165) is 53.2 Å². The molecule has 0 heterocycles. The van der Waals surface area contributed by atoms with Crippen molar-refractivity contribution >= 4 is 34.5 Å². The molecule has 0 aliphatic heterocycles. The van der Waals surface area contributed by atoms with Crippen LogP contribution in [0.3, 0.4) is 0 Å². The molecule has 1 aliphatic rings. The Labute approximate surface area is 176 Å². The molecule has 0 fully saturated rings. The Balaban J connectivity index is 2.05. The molecule has 4 nitrogen and oxygen atoms in total. The Hall–Kier alpha value is -1.11. The van der Waals surface area contributed by atoms with Crippen LogP contribution in [-0.2, 0) is 19.1 Å². The maximum absolute atomic E-state index is 12.2. The number of esters is 2. The van der Waals surface area contributed by atoms with E-state index in [9.17, 15) is 9.59 Å². The van der Waals surface area contributed by atoms with Crippen LogP contribution in [0.1, 0.15) is 101 Å². The summed E-state index contributed by atoms with van der Waals surface area (Å²) in [5.74, 6) is -0.262. The molecule has 0 saturated carbocycles. The Bertz CT molecular complexity index is 629. The van der Waals surface area contributed by atoms with Crippen molar-refractivity contribution in [3.05, 3.63) is 32.9 Å². The zero-order valence-electron chi connectivity index (χ0n) is 16.5. The summed E-state index contributed by atoms with van der Waals surface area (Å²) in [6.45, 7) is 4.24. The van der Waals surface area contributed by atoms with Crippen LogP contribution in [-0.4, -0.2) is 11.9 Å². The first-order chi connectivity index (χ1) is 13.1. The number of unbranched alkanes of at least 4 members (excludes halogenated alkanes) is 4. The second kappa shape index (κ2) is 11.7. The van der Waals surface area contributed by atoms with Gasteiger partial charge in [0.05, 0.1) is 0 Å². The lowest BCUT2D eigenvalue weighted by Crippen LogP contribution is -2.23. The Morgan fingerprint density at radius 1 is 0.926 bits per heavy atom. The standard InChI is InChI=1S/C22H31IO4/c1-3-5-7-12-20(24)26-18-14-15-19(27-21(25)13-8-6-4-2)22-16(18)10-9-11-17(22)23/h9-11,18-19H,3-8,12-15H2,1-2H3. The minimum atomic E-state index is -0.239. The molecule has 27 heavy (non-hydrogen) atoms. The third kappa shape index (κ3) is 6.77. The predicted octanol–water partition coefficient (Wildman–Crippen LogP) is 6.41. The molecule has 0 aromatic heterocycles. The first-order valence-corrected chi connectivity index (χ1v) is 11.3. The van der Waals surface area contributed by atoms with Gasteiger partial charge in [0.2, 0.25) is 0 Å². The number of benzene rings is 1. The van der Waals surface area contributed by atoms with E-state index < -0.39 is 0 Å². The molecule has 1 aromatic rings. The zero-order valence-corrected chi connectivity index (χ0v) is 18.6. The van der Waals surface area contributed by atoms with Gasteiger partial charge >= 0.3 is 11.9 Å². The molecule has 0 amide bonds. The third-order valence-corrected chi connectivity index (χ3v) is 5.90. The van der Waals surface area contributed by atoms with Gasteiger partial charge in [-0.05, 0) is 54.3 Å². The van der Waals surface area contributed by atoms with E-state index in [-0.39, 0.29) is 24.1 Å². The molecular weight excluding hydrogens is 455 g/mol. The number of rotatable bonds is 10. The van der Waals surface area contributed by atoms with Gasteiger partial charge in [0.25, 0.3) is 0 Å². The summed E-state index contributed by atoms with van der Waals surface area (Å²) >= 11 is 2.28. The van der Waals surface area contributed by atoms with Crippen LogP contribution >= 0.6 is 22.6 Å². The van der Waals surface area contributed by atoms with E-state index in [1.54, 1.807) is 0 Å². The van der Waals surface area contributed by atoms with Crippen molar-refractivity contribution in [1.82, 2.24) is 0 Å². The van der Waals surface area contributed by atoms with E-state index >= 15 is 0 Å². The van der Waals surface area contributed by atoms with Crippen LogP contribution in [0, 0.1) is 3.57 Å². The summed E-state index contributed by atoms with van der Waals surface area (Å²) in [7, 11) is 0. The molecule has 5 heteroatoms. The summed E-state index contributed by atoms with van der Waals surface area (Å²) in [6, 6.07) is 5.99. The first-order valence-electron chi connectivity index (χ1n) is 10.2. The Kier molecular flexibility index (Phi) is 9.59. The number of carbonyl (C=O) groups excluding carboxylic acids is 2. The summed E-state index contributed by atoms with van der Waals surface area (Å²) in [6.07, 6.45) is 7.87. The SMILES string of the molecule is CCCCCC(=O)OC1CCC(OC(=O)CCCCC)c2c(I)cccc21. The van der Waals surface area contributed by atoms with Crippen molar-refractivity contribution in [3.63, 3.8) is 0 Å². The smallest absolute Gasteiger partial charge is 0.306 e. The highest BCUT2D eigenvalue weighted by Crippen LogP contribution is 2.42. The average molecular weight is 486 g/mol. The minimum Gasteiger partial charge on any atom is -0.457 e. The second-order valence-corrected chi connectivity index (χ2v) is 8.35.